The molecule has 0 aliphatic heterocycles. The van der Waals surface area contributed by atoms with Crippen molar-refractivity contribution < 1.29 is 14.3 Å². The van der Waals surface area contributed by atoms with Gasteiger partial charge in [0, 0.05) is 0 Å². The molecule has 6 nitrogen and oxygen atoms in total. The molecule has 0 atom stereocenters. The Balaban J connectivity index is 1.58. The first-order valence-electron chi connectivity index (χ1n) is 8.05. The predicted octanol–water partition coefficient (Wildman–Crippen LogP) is 2.98. The van der Waals surface area contributed by atoms with Crippen LogP contribution in [0.5, 0.6) is 5.75 Å². The highest BCUT2D eigenvalue weighted by Gasteiger charge is 2.10. The summed E-state index contributed by atoms with van der Waals surface area (Å²) in [7, 11) is 0. The van der Waals surface area contributed by atoms with Crippen LogP contribution in [-0.2, 0) is 16.1 Å². The minimum Gasteiger partial charge on any atom is -0.480 e. The van der Waals surface area contributed by atoms with Gasteiger partial charge in [0.25, 0.3) is 5.56 Å². The van der Waals surface area contributed by atoms with Gasteiger partial charge in [-0.05, 0) is 31.2 Å². The van der Waals surface area contributed by atoms with Crippen molar-refractivity contribution in [2.24, 2.45) is 0 Å². The van der Waals surface area contributed by atoms with Crippen molar-refractivity contribution in [2.75, 3.05) is 13.2 Å². The summed E-state index contributed by atoms with van der Waals surface area (Å²) in [6.07, 6.45) is 0. The minimum absolute atomic E-state index is 0.0471. The Kier molecular flexibility index (Phi) is 5.53. The van der Waals surface area contributed by atoms with E-state index in [1.165, 1.54) is 4.57 Å². The number of carbonyl (C=O) groups excluding carboxylic acids is 1. The first-order chi connectivity index (χ1) is 12.6. The average Bonchev–Trinajstić information content (AvgIpc) is 2.64. The molecular weight excluding hydrogens is 356 g/mol. The van der Waals surface area contributed by atoms with Gasteiger partial charge in [-0.3, -0.25) is 9.36 Å². The van der Waals surface area contributed by atoms with Gasteiger partial charge in [-0.1, -0.05) is 35.9 Å². The molecule has 3 aromatic rings. The number of esters is 1. The first-order valence-corrected chi connectivity index (χ1v) is 8.43. The lowest BCUT2D eigenvalue weighted by atomic mass is 10.2. The highest BCUT2D eigenvalue weighted by Crippen LogP contribution is 2.22. The SMILES string of the molecule is Cc1nc2ccccc2c(=O)n1CCOC(=O)COc1ccccc1Cl. The molecule has 26 heavy (non-hydrogen) atoms. The number of benzene rings is 2. The van der Waals surface area contributed by atoms with Gasteiger partial charge in [0.05, 0.1) is 22.5 Å². The van der Waals surface area contributed by atoms with Crippen LogP contribution in [0.2, 0.25) is 5.02 Å². The van der Waals surface area contributed by atoms with Crippen molar-refractivity contribution in [3.8, 4) is 5.75 Å². The summed E-state index contributed by atoms with van der Waals surface area (Å²) in [6.45, 7) is 1.76. The minimum atomic E-state index is -0.538. The van der Waals surface area contributed by atoms with Crippen molar-refractivity contribution in [3.05, 3.63) is 69.7 Å². The Morgan fingerprint density at radius 2 is 1.88 bits per heavy atom. The second kappa shape index (κ2) is 8.01. The third-order valence-corrected chi connectivity index (χ3v) is 4.12. The van der Waals surface area contributed by atoms with E-state index < -0.39 is 5.97 Å². The molecule has 0 bridgehead atoms. The van der Waals surface area contributed by atoms with Gasteiger partial charge in [-0.25, -0.2) is 9.78 Å². The summed E-state index contributed by atoms with van der Waals surface area (Å²) in [4.78, 5) is 28.7. The number of ether oxygens (including phenoxy) is 2. The summed E-state index contributed by atoms with van der Waals surface area (Å²) in [6, 6.07) is 14.0. The molecule has 1 heterocycles. The molecule has 0 aliphatic carbocycles. The Morgan fingerprint density at radius 1 is 1.15 bits per heavy atom. The van der Waals surface area contributed by atoms with Crippen LogP contribution in [-0.4, -0.2) is 28.7 Å². The molecule has 0 saturated carbocycles. The first kappa shape index (κ1) is 17.9. The van der Waals surface area contributed by atoms with Gasteiger partial charge in [0.2, 0.25) is 0 Å². The number of aryl methyl sites for hydroxylation is 1. The molecule has 134 valence electrons. The number of hydrogen-bond donors (Lipinski definition) is 0. The van der Waals surface area contributed by atoms with Gasteiger partial charge < -0.3 is 9.47 Å². The molecule has 0 aliphatic rings. The number of aromatic nitrogens is 2. The highest BCUT2D eigenvalue weighted by molar-refractivity contribution is 6.32. The zero-order valence-electron chi connectivity index (χ0n) is 14.1. The largest absolute Gasteiger partial charge is 0.480 e. The molecule has 0 amide bonds. The number of nitrogens with zero attached hydrogens (tertiary/aromatic N) is 2. The Morgan fingerprint density at radius 3 is 2.69 bits per heavy atom. The number of fused-ring (bicyclic) bond motifs is 1. The molecule has 0 spiro atoms. The van der Waals surface area contributed by atoms with Gasteiger partial charge in [-0.15, -0.1) is 0 Å². The number of rotatable bonds is 6. The number of carbonyl (C=O) groups is 1. The number of para-hydroxylation sites is 2. The molecule has 0 fully saturated rings. The van der Waals surface area contributed by atoms with Crippen LogP contribution in [0.4, 0.5) is 0 Å². The van der Waals surface area contributed by atoms with Crippen molar-refractivity contribution >= 4 is 28.5 Å². The molecular formula is C19H17ClN2O4. The standard InChI is InChI=1S/C19H17ClN2O4/c1-13-21-16-8-4-2-6-14(16)19(24)22(13)10-11-25-18(23)12-26-17-9-5-3-7-15(17)20/h2-9H,10-12H2,1H3. The number of hydrogen-bond acceptors (Lipinski definition) is 5. The smallest absolute Gasteiger partial charge is 0.344 e. The van der Waals surface area contributed by atoms with Crippen LogP contribution in [0.25, 0.3) is 10.9 Å². The molecule has 1 aromatic heterocycles. The van der Waals surface area contributed by atoms with Gasteiger partial charge >= 0.3 is 5.97 Å². The fourth-order valence-electron chi connectivity index (χ4n) is 2.53. The van der Waals surface area contributed by atoms with Crippen LogP contribution < -0.4 is 10.3 Å². The van der Waals surface area contributed by atoms with Crippen molar-refractivity contribution in [2.45, 2.75) is 13.5 Å². The van der Waals surface area contributed by atoms with E-state index in [0.717, 1.165) is 0 Å². The summed E-state index contributed by atoms with van der Waals surface area (Å²) < 4.78 is 11.9. The Labute approximate surface area is 154 Å². The van der Waals surface area contributed by atoms with Gasteiger partial charge in [0.15, 0.2) is 6.61 Å². The molecule has 0 N–H and O–H groups in total. The molecule has 2 aromatic carbocycles. The van der Waals surface area contributed by atoms with E-state index in [9.17, 15) is 9.59 Å². The number of halogens is 1. The van der Waals surface area contributed by atoms with E-state index in [-0.39, 0.29) is 25.3 Å². The Bertz CT molecular complexity index is 1000. The maximum Gasteiger partial charge on any atom is 0.344 e. The molecule has 3 rings (SSSR count). The third kappa shape index (κ3) is 4.03. The van der Waals surface area contributed by atoms with E-state index in [1.54, 1.807) is 49.4 Å². The highest BCUT2D eigenvalue weighted by atomic mass is 35.5. The van der Waals surface area contributed by atoms with Gasteiger partial charge in [0.1, 0.15) is 18.2 Å². The van der Waals surface area contributed by atoms with Crippen molar-refractivity contribution in [1.29, 1.82) is 0 Å². The van der Waals surface area contributed by atoms with E-state index in [1.807, 2.05) is 6.07 Å². The summed E-state index contributed by atoms with van der Waals surface area (Å²) in [5.74, 6) is 0.443. The molecule has 7 heteroatoms. The normalized spacial score (nSPS) is 10.7. The van der Waals surface area contributed by atoms with E-state index in [2.05, 4.69) is 4.98 Å². The Hall–Kier alpha value is -2.86. The van der Waals surface area contributed by atoms with E-state index in [4.69, 9.17) is 21.1 Å². The van der Waals surface area contributed by atoms with E-state index in [0.29, 0.717) is 27.5 Å². The average molecular weight is 373 g/mol. The zero-order valence-corrected chi connectivity index (χ0v) is 14.9. The van der Waals surface area contributed by atoms with Crippen molar-refractivity contribution in [3.63, 3.8) is 0 Å². The fraction of sp³-hybridized carbons (Fsp3) is 0.211. The van der Waals surface area contributed by atoms with Crippen LogP contribution in [0.1, 0.15) is 5.82 Å². The quantitative estimate of drug-likeness (QED) is 0.622. The summed E-state index contributed by atoms with van der Waals surface area (Å²) in [5, 5.41) is 0.955. The summed E-state index contributed by atoms with van der Waals surface area (Å²) in [5.41, 5.74) is 0.493. The monoisotopic (exact) mass is 372 g/mol. The maximum atomic E-state index is 12.5. The fourth-order valence-corrected chi connectivity index (χ4v) is 2.72. The second-order valence-electron chi connectivity index (χ2n) is 5.57. The third-order valence-electron chi connectivity index (χ3n) is 3.81. The van der Waals surface area contributed by atoms with Crippen LogP contribution in [0.15, 0.2) is 53.3 Å². The molecule has 0 unspecified atom stereocenters. The van der Waals surface area contributed by atoms with Crippen LogP contribution in [0, 0.1) is 6.92 Å². The van der Waals surface area contributed by atoms with Crippen molar-refractivity contribution in [1.82, 2.24) is 9.55 Å². The zero-order chi connectivity index (χ0) is 18.5. The second-order valence-corrected chi connectivity index (χ2v) is 5.98. The lowest BCUT2D eigenvalue weighted by Crippen LogP contribution is -2.27. The predicted molar refractivity (Wildman–Crippen MR) is 98.6 cm³/mol. The topological polar surface area (TPSA) is 70.4 Å². The lowest BCUT2D eigenvalue weighted by Gasteiger charge is -2.11. The maximum absolute atomic E-state index is 12.5. The summed E-state index contributed by atoms with van der Waals surface area (Å²) >= 11 is 5.95. The van der Waals surface area contributed by atoms with E-state index >= 15 is 0 Å². The lowest BCUT2D eigenvalue weighted by molar-refractivity contribution is -0.146. The van der Waals surface area contributed by atoms with Crippen LogP contribution >= 0.6 is 11.6 Å². The molecule has 0 radical (unpaired) electrons. The van der Waals surface area contributed by atoms with Crippen LogP contribution in [0.3, 0.4) is 0 Å². The van der Waals surface area contributed by atoms with Gasteiger partial charge in [-0.2, -0.15) is 0 Å². The molecule has 0 saturated heterocycles.